The SMILES string of the molecule is CC(C)N(C)S(=O)(=O)c1cc(Cl)cc(C(=O)O)c1F. The Kier molecular flexibility index (Phi) is 4.54. The van der Waals surface area contributed by atoms with Gasteiger partial charge in [0.2, 0.25) is 10.0 Å². The van der Waals surface area contributed by atoms with Crippen molar-refractivity contribution in [2.45, 2.75) is 24.8 Å². The lowest BCUT2D eigenvalue weighted by molar-refractivity contribution is 0.0691. The van der Waals surface area contributed by atoms with E-state index in [1.165, 1.54) is 7.05 Å². The summed E-state index contributed by atoms with van der Waals surface area (Å²) >= 11 is 5.64. The summed E-state index contributed by atoms with van der Waals surface area (Å²) in [5, 5.41) is 8.66. The molecular weight excluding hydrogens is 297 g/mol. The van der Waals surface area contributed by atoms with E-state index < -0.39 is 38.3 Å². The average molecular weight is 310 g/mol. The van der Waals surface area contributed by atoms with E-state index in [0.717, 1.165) is 16.4 Å². The molecular formula is C11H13ClFNO4S. The lowest BCUT2D eigenvalue weighted by Crippen LogP contribution is -2.33. The molecule has 0 amide bonds. The predicted octanol–water partition coefficient (Wildman–Crippen LogP) is 2.21. The number of nitrogens with zero attached hydrogens (tertiary/aromatic N) is 1. The molecule has 19 heavy (non-hydrogen) atoms. The Hall–Kier alpha value is -1.18. The van der Waals surface area contributed by atoms with Crippen molar-refractivity contribution >= 4 is 27.6 Å². The first-order valence-electron chi connectivity index (χ1n) is 5.29. The van der Waals surface area contributed by atoms with Crippen molar-refractivity contribution in [1.82, 2.24) is 4.31 Å². The smallest absolute Gasteiger partial charge is 0.338 e. The Bertz CT molecular complexity index is 615. The molecule has 0 atom stereocenters. The topological polar surface area (TPSA) is 74.7 Å². The summed E-state index contributed by atoms with van der Waals surface area (Å²) in [6.45, 7) is 3.22. The molecule has 0 bridgehead atoms. The first kappa shape index (κ1) is 15.9. The second-order valence-corrected chi connectivity index (χ2v) is 6.59. The molecule has 0 aliphatic heterocycles. The van der Waals surface area contributed by atoms with Crippen LogP contribution in [0.3, 0.4) is 0 Å². The van der Waals surface area contributed by atoms with Crippen LogP contribution in [0.15, 0.2) is 17.0 Å². The van der Waals surface area contributed by atoms with E-state index in [2.05, 4.69) is 0 Å². The minimum atomic E-state index is -4.14. The molecule has 1 aromatic carbocycles. The molecule has 0 aliphatic carbocycles. The Morgan fingerprint density at radius 2 is 1.95 bits per heavy atom. The Morgan fingerprint density at radius 3 is 2.37 bits per heavy atom. The highest BCUT2D eigenvalue weighted by molar-refractivity contribution is 7.89. The van der Waals surface area contributed by atoms with Crippen LogP contribution in [0.1, 0.15) is 24.2 Å². The lowest BCUT2D eigenvalue weighted by Gasteiger charge is -2.21. The van der Waals surface area contributed by atoms with Crippen molar-refractivity contribution in [3.05, 3.63) is 28.5 Å². The second kappa shape index (κ2) is 5.44. The van der Waals surface area contributed by atoms with Crippen LogP contribution in [0.4, 0.5) is 4.39 Å². The Morgan fingerprint density at radius 1 is 1.42 bits per heavy atom. The fraction of sp³-hybridized carbons (Fsp3) is 0.364. The van der Waals surface area contributed by atoms with Crippen LogP contribution >= 0.6 is 11.6 Å². The van der Waals surface area contributed by atoms with Crippen molar-refractivity contribution in [3.8, 4) is 0 Å². The quantitative estimate of drug-likeness (QED) is 0.925. The van der Waals surface area contributed by atoms with E-state index in [1.807, 2.05) is 0 Å². The van der Waals surface area contributed by atoms with E-state index in [-0.39, 0.29) is 5.02 Å². The van der Waals surface area contributed by atoms with Gasteiger partial charge in [-0.2, -0.15) is 4.31 Å². The second-order valence-electron chi connectivity index (χ2n) is 4.19. The highest BCUT2D eigenvalue weighted by Crippen LogP contribution is 2.26. The Balaban J connectivity index is 3.56. The fourth-order valence-corrected chi connectivity index (χ4v) is 3.10. The normalized spacial score (nSPS) is 12.2. The van der Waals surface area contributed by atoms with Crippen LogP contribution < -0.4 is 0 Å². The maximum atomic E-state index is 14.0. The zero-order valence-corrected chi connectivity index (χ0v) is 12.1. The summed E-state index contributed by atoms with van der Waals surface area (Å²) in [5.41, 5.74) is -0.775. The van der Waals surface area contributed by atoms with Crippen LogP contribution in [-0.2, 0) is 10.0 Å². The largest absolute Gasteiger partial charge is 0.478 e. The third-order valence-corrected chi connectivity index (χ3v) is 4.87. The van der Waals surface area contributed by atoms with Crippen LogP contribution in [0.25, 0.3) is 0 Å². The molecule has 5 nitrogen and oxygen atoms in total. The highest BCUT2D eigenvalue weighted by Gasteiger charge is 2.29. The van der Waals surface area contributed by atoms with Crippen molar-refractivity contribution in [1.29, 1.82) is 0 Å². The molecule has 0 heterocycles. The van der Waals surface area contributed by atoms with Gasteiger partial charge in [0.25, 0.3) is 0 Å². The van der Waals surface area contributed by atoms with E-state index >= 15 is 0 Å². The number of hydrogen-bond donors (Lipinski definition) is 1. The van der Waals surface area contributed by atoms with E-state index in [9.17, 15) is 17.6 Å². The van der Waals surface area contributed by atoms with Crippen LogP contribution in [0.2, 0.25) is 5.02 Å². The first-order valence-corrected chi connectivity index (χ1v) is 7.11. The maximum Gasteiger partial charge on any atom is 0.338 e. The minimum Gasteiger partial charge on any atom is -0.478 e. The number of carbonyl (C=O) groups is 1. The van der Waals surface area contributed by atoms with E-state index in [4.69, 9.17) is 16.7 Å². The molecule has 1 N–H and O–H groups in total. The van der Waals surface area contributed by atoms with Gasteiger partial charge in [-0.05, 0) is 26.0 Å². The van der Waals surface area contributed by atoms with Gasteiger partial charge in [0.15, 0.2) is 5.82 Å². The molecule has 106 valence electrons. The number of halogens is 2. The molecule has 1 aromatic rings. The number of aromatic carboxylic acids is 1. The van der Waals surface area contributed by atoms with Gasteiger partial charge in [0, 0.05) is 18.1 Å². The third kappa shape index (κ3) is 3.05. The first-order chi connectivity index (χ1) is 8.59. The van der Waals surface area contributed by atoms with Crippen LogP contribution in [-0.4, -0.2) is 36.9 Å². The van der Waals surface area contributed by atoms with Crippen molar-refractivity contribution < 1.29 is 22.7 Å². The zero-order chi connectivity index (χ0) is 15.0. The molecule has 0 aromatic heterocycles. The van der Waals surface area contributed by atoms with Gasteiger partial charge in [0.1, 0.15) is 4.90 Å². The van der Waals surface area contributed by atoms with Gasteiger partial charge >= 0.3 is 5.97 Å². The molecule has 0 fully saturated rings. The molecule has 1 rings (SSSR count). The van der Waals surface area contributed by atoms with E-state index in [0.29, 0.717) is 0 Å². The lowest BCUT2D eigenvalue weighted by atomic mass is 10.2. The van der Waals surface area contributed by atoms with Gasteiger partial charge in [-0.15, -0.1) is 0 Å². The van der Waals surface area contributed by atoms with Gasteiger partial charge in [-0.1, -0.05) is 11.6 Å². The number of benzene rings is 1. The van der Waals surface area contributed by atoms with Gasteiger partial charge < -0.3 is 5.11 Å². The molecule has 0 spiro atoms. The number of hydrogen-bond acceptors (Lipinski definition) is 3. The van der Waals surface area contributed by atoms with Crippen molar-refractivity contribution in [2.75, 3.05) is 7.05 Å². The predicted molar refractivity (Wildman–Crippen MR) is 68.5 cm³/mol. The molecule has 0 unspecified atom stereocenters. The van der Waals surface area contributed by atoms with Crippen molar-refractivity contribution in [3.63, 3.8) is 0 Å². The minimum absolute atomic E-state index is 0.158. The molecule has 8 heteroatoms. The highest BCUT2D eigenvalue weighted by atomic mass is 35.5. The zero-order valence-electron chi connectivity index (χ0n) is 10.5. The van der Waals surface area contributed by atoms with Gasteiger partial charge in [0.05, 0.1) is 5.56 Å². The molecule has 0 radical (unpaired) electrons. The number of sulfonamides is 1. The fourth-order valence-electron chi connectivity index (χ4n) is 1.34. The maximum absolute atomic E-state index is 14.0. The summed E-state index contributed by atoms with van der Waals surface area (Å²) < 4.78 is 39.2. The number of carboxylic acid groups (broad SMARTS) is 1. The Labute approximate surface area is 115 Å². The summed E-state index contributed by atoms with van der Waals surface area (Å²) in [4.78, 5) is 10.1. The van der Waals surface area contributed by atoms with Crippen molar-refractivity contribution in [2.24, 2.45) is 0 Å². The van der Waals surface area contributed by atoms with Crippen LogP contribution in [0.5, 0.6) is 0 Å². The molecule has 0 saturated heterocycles. The summed E-state index contributed by atoms with van der Waals surface area (Å²) in [5.74, 6) is -2.90. The van der Waals surface area contributed by atoms with Crippen LogP contribution in [0, 0.1) is 5.82 Å². The standard InChI is InChI=1S/C11H13ClFNO4S/c1-6(2)14(3)19(17,18)9-5-7(12)4-8(10(9)13)11(15)16/h4-6H,1-3H3,(H,15,16). The summed E-state index contributed by atoms with van der Waals surface area (Å²) in [6.07, 6.45) is 0. The monoisotopic (exact) mass is 309 g/mol. The number of rotatable bonds is 4. The average Bonchev–Trinajstić information content (AvgIpc) is 2.29. The number of carboxylic acids is 1. The van der Waals surface area contributed by atoms with E-state index in [1.54, 1.807) is 13.8 Å². The van der Waals surface area contributed by atoms with Gasteiger partial charge in [-0.3, -0.25) is 0 Å². The van der Waals surface area contributed by atoms with Gasteiger partial charge in [-0.25, -0.2) is 17.6 Å². The molecule has 0 aliphatic rings. The molecule has 0 saturated carbocycles. The summed E-state index contributed by atoms with van der Waals surface area (Å²) in [6, 6.07) is 1.36. The third-order valence-electron chi connectivity index (χ3n) is 2.62. The summed E-state index contributed by atoms with van der Waals surface area (Å²) in [7, 11) is -2.86.